The van der Waals surface area contributed by atoms with Gasteiger partial charge in [-0.1, -0.05) is 35.3 Å². The second-order valence-corrected chi connectivity index (χ2v) is 6.22. The zero-order chi connectivity index (χ0) is 14.0. The lowest BCUT2D eigenvalue weighted by molar-refractivity contribution is 0.628. The van der Waals surface area contributed by atoms with E-state index < -0.39 is 5.82 Å². The molecule has 0 aliphatic carbocycles. The van der Waals surface area contributed by atoms with Crippen LogP contribution in [-0.2, 0) is 0 Å². The van der Waals surface area contributed by atoms with Crippen molar-refractivity contribution in [3.05, 3.63) is 61.4 Å². The summed E-state index contributed by atoms with van der Waals surface area (Å²) in [5.41, 5.74) is 1.66. The molecular weight excluding hydrogens is 399 g/mol. The average Bonchev–Trinajstić information content (AvgIpc) is 2.34. The number of hydrogen-bond acceptors (Lipinski definition) is 1. The van der Waals surface area contributed by atoms with E-state index >= 15 is 0 Å². The highest BCUT2D eigenvalue weighted by atomic mass is 127. The van der Waals surface area contributed by atoms with Crippen LogP contribution in [0.15, 0.2) is 36.4 Å². The topological polar surface area (TPSA) is 12.0 Å². The van der Waals surface area contributed by atoms with Crippen molar-refractivity contribution in [1.82, 2.24) is 0 Å². The first-order chi connectivity index (χ1) is 8.97. The fourth-order valence-electron chi connectivity index (χ4n) is 1.73. The molecule has 0 fully saturated rings. The Balaban J connectivity index is 2.24. The third-order valence-corrected chi connectivity index (χ3v) is 4.05. The van der Waals surface area contributed by atoms with Crippen LogP contribution in [-0.4, -0.2) is 0 Å². The highest BCUT2D eigenvalue weighted by Gasteiger charge is 2.12. The summed E-state index contributed by atoms with van der Waals surface area (Å²) in [5, 5.41) is 3.77. The number of hydrogen-bond donors (Lipinski definition) is 1. The molecule has 1 atom stereocenters. The lowest BCUT2D eigenvalue weighted by Crippen LogP contribution is -2.07. The number of anilines is 1. The molecule has 0 aliphatic heterocycles. The summed E-state index contributed by atoms with van der Waals surface area (Å²) in [4.78, 5) is 0. The van der Waals surface area contributed by atoms with E-state index in [1.807, 2.05) is 31.2 Å². The normalized spacial score (nSPS) is 12.3. The van der Waals surface area contributed by atoms with Crippen molar-refractivity contribution >= 4 is 51.5 Å². The van der Waals surface area contributed by atoms with E-state index in [-0.39, 0.29) is 16.1 Å². The van der Waals surface area contributed by atoms with Crippen LogP contribution in [0.4, 0.5) is 10.1 Å². The highest BCUT2D eigenvalue weighted by molar-refractivity contribution is 14.1. The Morgan fingerprint density at radius 3 is 2.16 bits per heavy atom. The highest BCUT2D eigenvalue weighted by Crippen LogP contribution is 2.34. The van der Waals surface area contributed by atoms with Crippen molar-refractivity contribution < 1.29 is 4.39 Å². The summed E-state index contributed by atoms with van der Waals surface area (Å²) in [6, 6.07) is 10.6. The molecule has 0 heterocycles. The Morgan fingerprint density at radius 2 is 1.63 bits per heavy atom. The summed E-state index contributed by atoms with van der Waals surface area (Å²) in [5.74, 6) is -0.442. The van der Waals surface area contributed by atoms with Gasteiger partial charge in [-0.25, -0.2) is 4.39 Å². The van der Waals surface area contributed by atoms with E-state index in [1.165, 1.54) is 15.7 Å². The molecule has 0 amide bonds. The third-order valence-electron chi connectivity index (χ3n) is 2.74. The maximum absolute atomic E-state index is 13.1. The molecule has 1 N–H and O–H groups in total. The second kappa shape index (κ2) is 6.29. The molecule has 2 aromatic rings. The standard InChI is InChI=1S/C14H11Cl2FIN/c1-8(9-2-4-11(18)5-3-9)19-14-12(15)6-10(17)7-13(14)16/h2-8,19H,1H3. The SMILES string of the molecule is CC(Nc1c(Cl)cc(F)cc1Cl)c1ccc(I)cc1. The van der Waals surface area contributed by atoms with E-state index in [4.69, 9.17) is 23.2 Å². The van der Waals surface area contributed by atoms with Gasteiger partial charge < -0.3 is 5.32 Å². The van der Waals surface area contributed by atoms with Gasteiger partial charge in [0.25, 0.3) is 0 Å². The second-order valence-electron chi connectivity index (χ2n) is 4.16. The van der Waals surface area contributed by atoms with Crippen molar-refractivity contribution in [1.29, 1.82) is 0 Å². The molecule has 0 aromatic heterocycles. The van der Waals surface area contributed by atoms with Gasteiger partial charge in [0.1, 0.15) is 5.82 Å². The van der Waals surface area contributed by atoms with Crippen LogP contribution < -0.4 is 5.32 Å². The minimum Gasteiger partial charge on any atom is -0.376 e. The number of nitrogens with one attached hydrogen (secondary N) is 1. The van der Waals surface area contributed by atoms with Gasteiger partial charge >= 0.3 is 0 Å². The Hall–Kier alpha value is -0.520. The number of halogens is 4. The first-order valence-corrected chi connectivity index (χ1v) is 7.47. The Bertz CT molecular complexity index is 563. The Morgan fingerprint density at radius 1 is 1.11 bits per heavy atom. The minimum absolute atomic E-state index is 0.0254. The van der Waals surface area contributed by atoms with Crippen molar-refractivity contribution in [2.24, 2.45) is 0 Å². The molecule has 0 saturated carbocycles. The number of benzene rings is 2. The average molecular weight is 410 g/mol. The summed E-state index contributed by atoms with van der Waals surface area (Å²) in [6.07, 6.45) is 0. The van der Waals surface area contributed by atoms with E-state index in [0.29, 0.717) is 5.69 Å². The smallest absolute Gasteiger partial charge is 0.126 e. The quantitative estimate of drug-likeness (QED) is 0.621. The lowest BCUT2D eigenvalue weighted by atomic mass is 10.1. The van der Waals surface area contributed by atoms with Gasteiger partial charge in [-0.15, -0.1) is 0 Å². The van der Waals surface area contributed by atoms with Crippen molar-refractivity contribution in [3.8, 4) is 0 Å². The van der Waals surface area contributed by atoms with E-state index in [0.717, 1.165) is 5.56 Å². The van der Waals surface area contributed by atoms with Gasteiger partial charge in [0.05, 0.1) is 15.7 Å². The van der Waals surface area contributed by atoms with Crippen LogP contribution in [0.5, 0.6) is 0 Å². The van der Waals surface area contributed by atoms with Gasteiger partial charge in [-0.2, -0.15) is 0 Å². The molecule has 2 aromatic carbocycles. The minimum atomic E-state index is -0.442. The maximum Gasteiger partial charge on any atom is 0.126 e. The molecular formula is C14H11Cl2FIN. The van der Waals surface area contributed by atoms with Gasteiger partial charge in [0, 0.05) is 9.61 Å². The maximum atomic E-state index is 13.1. The molecule has 0 radical (unpaired) electrons. The van der Waals surface area contributed by atoms with Gasteiger partial charge in [0.15, 0.2) is 0 Å². The molecule has 19 heavy (non-hydrogen) atoms. The molecule has 1 nitrogen and oxygen atoms in total. The number of rotatable bonds is 3. The van der Waals surface area contributed by atoms with Gasteiger partial charge in [-0.05, 0) is 59.3 Å². The third kappa shape index (κ3) is 3.74. The van der Waals surface area contributed by atoms with E-state index in [1.54, 1.807) is 0 Å². The van der Waals surface area contributed by atoms with Crippen LogP contribution in [0.2, 0.25) is 10.0 Å². The largest absolute Gasteiger partial charge is 0.376 e. The van der Waals surface area contributed by atoms with Crippen LogP contribution in [0.25, 0.3) is 0 Å². The molecule has 0 aliphatic rings. The van der Waals surface area contributed by atoms with Crippen molar-refractivity contribution in [3.63, 3.8) is 0 Å². The monoisotopic (exact) mass is 409 g/mol. The van der Waals surface area contributed by atoms with Gasteiger partial charge in [-0.3, -0.25) is 0 Å². The first kappa shape index (κ1) is 14.9. The molecule has 2 rings (SSSR count). The van der Waals surface area contributed by atoms with Gasteiger partial charge in [0.2, 0.25) is 0 Å². The molecule has 0 spiro atoms. The van der Waals surface area contributed by atoms with Crippen LogP contribution in [0.3, 0.4) is 0 Å². The van der Waals surface area contributed by atoms with E-state index in [9.17, 15) is 4.39 Å². The van der Waals surface area contributed by atoms with Crippen LogP contribution >= 0.6 is 45.8 Å². The molecule has 5 heteroatoms. The predicted molar refractivity (Wildman–Crippen MR) is 87.6 cm³/mol. The fraction of sp³-hybridized carbons (Fsp3) is 0.143. The zero-order valence-electron chi connectivity index (χ0n) is 10.1. The molecule has 100 valence electrons. The van der Waals surface area contributed by atoms with Crippen LogP contribution in [0, 0.1) is 9.39 Å². The van der Waals surface area contributed by atoms with Crippen molar-refractivity contribution in [2.75, 3.05) is 5.32 Å². The predicted octanol–water partition coefficient (Wildman–Crippen LogP) is 5.91. The fourth-order valence-corrected chi connectivity index (χ4v) is 2.66. The van der Waals surface area contributed by atoms with Crippen molar-refractivity contribution in [2.45, 2.75) is 13.0 Å². The summed E-state index contributed by atoms with van der Waals surface area (Å²) in [6.45, 7) is 2.00. The summed E-state index contributed by atoms with van der Waals surface area (Å²) in [7, 11) is 0. The summed E-state index contributed by atoms with van der Waals surface area (Å²) < 4.78 is 14.3. The lowest BCUT2D eigenvalue weighted by Gasteiger charge is -2.18. The molecule has 0 bridgehead atoms. The van der Waals surface area contributed by atoms with E-state index in [2.05, 4.69) is 27.9 Å². The molecule has 1 unspecified atom stereocenters. The first-order valence-electron chi connectivity index (χ1n) is 5.64. The Labute approximate surface area is 135 Å². The summed E-state index contributed by atoms with van der Waals surface area (Å²) >= 11 is 14.3. The molecule has 0 saturated heterocycles. The van der Waals surface area contributed by atoms with Crippen LogP contribution in [0.1, 0.15) is 18.5 Å². The Kier molecular flexibility index (Phi) is 4.92. The zero-order valence-corrected chi connectivity index (χ0v) is 13.7.